The Morgan fingerprint density at radius 2 is 1.85 bits per heavy atom. The standard InChI is InChI=1S/C21H16F6N6O/c22-12-2-3-13(18-28-5-1-6-29-18)14(8-12)19(34)33-7-4-20(23,24)16(33)10-32-17-11-30-15(9-31-17)21(25,26)27/h1-3,5-6,8-9,11,16H,4,7,10H2,(H,31,32)/t16-/m1/s1. The van der Waals surface area contributed by atoms with Gasteiger partial charge in [-0.05, 0) is 24.3 Å². The van der Waals surface area contributed by atoms with Crippen LogP contribution in [0.1, 0.15) is 22.5 Å². The Balaban J connectivity index is 1.58. The van der Waals surface area contributed by atoms with E-state index in [1.807, 2.05) is 0 Å². The minimum Gasteiger partial charge on any atom is -0.366 e. The molecule has 1 aliphatic rings. The number of aromatic nitrogens is 4. The quantitative estimate of drug-likeness (QED) is 0.553. The van der Waals surface area contributed by atoms with E-state index in [2.05, 4.69) is 25.3 Å². The predicted octanol–water partition coefficient (Wildman–Crippen LogP) is 4.05. The molecule has 1 saturated heterocycles. The predicted molar refractivity (Wildman–Crippen MR) is 107 cm³/mol. The monoisotopic (exact) mass is 482 g/mol. The summed E-state index contributed by atoms with van der Waals surface area (Å²) >= 11 is 0. The highest BCUT2D eigenvalue weighted by molar-refractivity contribution is 6.00. The van der Waals surface area contributed by atoms with Gasteiger partial charge in [-0.15, -0.1) is 0 Å². The minimum absolute atomic E-state index is 0.117. The van der Waals surface area contributed by atoms with Gasteiger partial charge in [-0.2, -0.15) is 13.2 Å². The van der Waals surface area contributed by atoms with Crippen LogP contribution in [0.4, 0.5) is 32.2 Å². The molecule has 7 nitrogen and oxygen atoms in total. The van der Waals surface area contributed by atoms with Crippen LogP contribution in [0.15, 0.2) is 49.1 Å². The summed E-state index contributed by atoms with van der Waals surface area (Å²) in [5.41, 5.74) is -1.26. The molecule has 1 aromatic carbocycles. The first-order chi connectivity index (χ1) is 16.1. The first-order valence-electron chi connectivity index (χ1n) is 9.95. The van der Waals surface area contributed by atoms with Gasteiger partial charge < -0.3 is 10.2 Å². The Hall–Kier alpha value is -3.77. The van der Waals surface area contributed by atoms with Crippen LogP contribution in [0.2, 0.25) is 0 Å². The van der Waals surface area contributed by atoms with E-state index >= 15 is 0 Å². The summed E-state index contributed by atoms with van der Waals surface area (Å²) in [5.74, 6) is -4.97. The molecule has 1 N–H and O–H groups in total. The minimum atomic E-state index is -4.70. The zero-order chi connectivity index (χ0) is 24.5. The smallest absolute Gasteiger partial charge is 0.366 e. The third kappa shape index (κ3) is 4.77. The van der Waals surface area contributed by atoms with Gasteiger partial charge in [-0.25, -0.2) is 33.1 Å². The lowest BCUT2D eigenvalue weighted by Gasteiger charge is -2.28. The number of anilines is 1. The molecule has 1 fully saturated rings. The number of halogens is 6. The van der Waals surface area contributed by atoms with Crippen molar-refractivity contribution in [3.63, 3.8) is 0 Å². The van der Waals surface area contributed by atoms with Crippen molar-refractivity contribution in [3.8, 4) is 11.4 Å². The van der Waals surface area contributed by atoms with Crippen molar-refractivity contribution in [2.24, 2.45) is 0 Å². The number of benzene rings is 1. The molecule has 4 rings (SSSR count). The molecule has 3 heterocycles. The fraction of sp³-hybridized carbons (Fsp3) is 0.286. The highest BCUT2D eigenvalue weighted by atomic mass is 19.4. The third-order valence-electron chi connectivity index (χ3n) is 5.25. The molecule has 2 aromatic heterocycles. The number of likely N-dealkylation sites (tertiary alicyclic amines) is 1. The molecule has 1 aliphatic heterocycles. The van der Waals surface area contributed by atoms with Crippen LogP contribution in [0.3, 0.4) is 0 Å². The summed E-state index contributed by atoms with van der Waals surface area (Å²) in [7, 11) is 0. The van der Waals surface area contributed by atoms with Crippen molar-refractivity contribution in [2.45, 2.75) is 24.6 Å². The van der Waals surface area contributed by atoms with E-state index in [-0.39, 0.29) is 29.3 Å². The van der Waals surface area contributed by atoms with Crippen molar-refractivity contribution in [2.75, 3.05) is 18.4 Å². The number of amides is 1. The highest BCUT2D eigenvalue weighted by Crippen LogP contribution is 2.36. The van der Waals surface area contributed by atoms with Gasteiger partial charge in [0.25, 0.3) is 11.8 Å². The van der Waals surface area contributed by atoms with Crippen molar-refractivity contribution >= 4 is 11.7 Å². The summed E-state index contributed by atoms with van der Waals surface area (Å²) in [6.45, 7) is -0.840. The van der Waals surface area contributed by atoms with Crippen LogP contribution in [0, 0.1) is 5.82 Å². The van der Waals surface area contributed by atoms with E-state index in [0.29, 0.717) is 6.20 Å². The number of alkyl halides is 5. The average Bonchev–Trinajstić information content (AvgIpc) is 3.11. The first-order valence-corrected chi connectivity index (χ1v) is 9.95. The van der Waals surface area contributed by atoms with Crippen molar-refractivity contribution in [1.82, 2.24) is 24.8 Å². The summed E-state index contributed by atoms with van der Waals surface area (Å²) in [4.78, 5) is 29.0. The molecule has 13 heteroatoms. The van der Waals surface area contributed by atoms with Gasteiger partial charge in [0.05, 0.1) is 18.0 Å². The fourth-order valence-electron chi connectivity index (χ4n) is 3.57. The zero-order valence-electron chi connectivity index (χ0n) is 17.2. The number of carbonyl (C=O) groups excluding carboxylic acids is 1. The number of hydrogen-bond donors (Lipinski definition) is 1. The lowest BCUT2D eigenvalue weighted by atomic mass is 10.0. The second kappa shape index (κ2) is 8.88. The molecule has 0 aliphatic carbocycles. The Kier molecular flexibility index (Phi) is 6.11. The van der Waals surface area contributed by atoms with Gasteiger partial charge in [-0.1, -0.05) is 0 Å². The average molecular weight is 482 g/mol. The number of rotatable bonds is 5. The lowest BCUT2D eigenvalue weighted by Crippen LogP contribution is -2.47. The Morgan fingerprint density at radius 1 is 1.12 bits per heavy atom. The molecule has 0 radical (unpaired) electrons. The molecule has 3 aromatic rings. The van der Waals surface area contributed by atoms with Crippen molar-refractivity contribution in [1.29, 1.82) is 0 Å². The maximum atomic E-state index is 14.6. The summed E-state index contributed by atoms with van der Waals surface area (Å²) in [6.07, 6.45) is -1.27. The van der Waals surface area contributed by atoms with Crippen LogP contribution in [-0.2, 0) is 6.18 Å². The zero-order valence-corrected chi connectivity index (χ0v) is 17.2. The summed E-state index contributed by atoms with van der Waals surface area (Å²) in [6, 6.07) is 3.19. The van der Waals surface area contributed by atoms with Crippen LogP contribution in [0.5, 0.6) is 0 Å². The Bertz CT molecular complexity index is 1170. The molecule has 0 spiro atoms. The number of hydrogen-bond acceptors (Lipinski definition) is 6. The van der Waals surface area contributed by atoms with E-state index in [1.54, 1.807) is 6.07 Å². The van der Waals surface area contributed by atoms with E-state index in [9.17, 15) is 31.1 Å². The molecule has 178 valence electrons. The SMILES string of the molecule is O=C(c1cc(F)ccc1-c1ncccn1)N1CCC(F)(F)[C@H]1CNc1cnc(C(F)(F)F)cn1. The molecule has 0 saturated carbocycles. The second-order valence-corrected chi connectivity index (χ2v) is 7.45. The second-order valence-electron chi connectivity index (χ2n) is 7.45. The molecule has 34 heavy (non-hydrogen) atoms. The van der Waals surface area contributed by atoms with Crippen LogP contribution in [-0.4, -0.2) is 55.8 Å². The molecule has 1 amide bonds. The van der Waals surface area contributed by atoms with Gasteiger partial charge in [0.15, 0.2) is 11.5 Å². The largest absolute Gasteiger partial charge is 0.434 e. The molecular formula is C21H16F6N6O. The Labute approximate surface area is 188 Å². The van der Waals surface area contributed by atoms with Gasteiger partial charge in [-0.3, -0.25) is 4.79 Å². The maximum Gasteiger partial charge on any atom is 0.434 e. The number of nitrogens with zero attached hydrogens (tertiary/aromatic N) is 5. The summed E-state index contributed by atoms with van der Waals surface area (Å²) in [5, 5.41) is 2.50. The Morgan fingerprint density at radius 3 is 2.50 bits per heavy atom. The normalized spacial score (nSPS) is 17.6. The van der Waals surface area contributed by atoms with E-state index < -0.39 is 48.5 Å². The lowest BCUT2D eigenvalue weighted by molar-refractivity contribution is -0.141. The number of nitrogens with one attached hydrogen (secondary N) is 1. The van der Waals surface area contributed by atoms with Crippen molar-refractivity contribution < 1.29 is 31.1 Å². The third-order valence-corrected chi connectivity index (χ3v) is 5.25. The van der Waals surface area contributed by atoms with Gasteiger partial charge in [0.2, 0.25) is 0 Å². The highest BCUT2D eigenvalue weighted by Gasteiger charge is 2.51. The van der Waals surface area contributed by atoms with E-state index in [0.717, 1.165) is 23.2 Å². The molecule has 0 unspecified atom stereocenters. The first kappa shape index (κ1) is 23.4. The van der Waals surface area contributed by atoms with E-state index in [4.69, 9.17) is 0 Å². The van der Waals surface area contributed by atoms with Gasteiger partial charge in [0, 0.05) is 37.5 Å². The van der Waals surface area contributed by atoms with Crippen LogP contribution < -0.4 is 5.32 Å². The van der Waals surface area contributed by atoms with Crippen molar-refractivity contribution in [3.05, 3.63) is 66.1 Å². The number of carbonyl (C=O) groups is 1. The van der Waals surface area contributed by atoms with Crippen LogP contribution in [0.25, 0.3) is 11.4 Å². The van der Waals surface area contributed by atoms with E-state index in [1.165, 1.54) is 18.5 Å². The topological polar surface area (TPSA) is 83.9 Å². The van der Waals surface area contributed by atoms with Gasteiger partial charge >= 0.3 is 6.18 Å². The molecule has 1 atom stereocenters. The molecular weight excluding hydrogens is 466 g/mol. The maximum absolute atomic E-state index is 14.6. The van der Waals surface area contributed by atoms with Crippen LogP contribution >= 0.6 is 0 Å². The summed E-state index contributed by atoms with van der Waals surface area (Å²) < 4.78 is 81.2. The van der Waals surface area contributed by atoms with Gasteiger partial charge in [0.1, 0.15) is 17.7 Å². The molecule has 0 bridgehead atoms. The fourth-order valence-corrected chi connectivity index (χ4v) is 3.57.